The maximum absolute atomic E-state index is 5.05. The van der Waals surface area contributed by atoms with Crippen molar-refractivity contribution in [3.63, 3.8) is 0 Å². The lowest BCUT2D eigenvalue weighted by Crippen LogP contribution is -2.19. The number of nitrogens with zero attached hydrogens (tertiary/aromatic N) is 1. The number of pyridine rings is 1. The highest BCUT2D eigenvalue weighted by Crippen LogP contribution is 2.49. The molecule has 1 aromatic heterocycles. The van der Waals surface area contributed by atoms with Gasteiger partial charge < -0.3 is 10.6 Å². The van der Waals surface area contributed by atoms with Crippen molar-refractivity contribution >= 4 is 16.5 Å². The van der Waals surface area contributed by atoms with Crippen LogP contribution >= 0.6 is 0 Å². The summed E-state index contributed by atoms with van der Waals surface area (Å²) < 4.78 is 0. The molecule has 3 aliphatic rings. The standard InChI is InChI=1S/C43H31N3/c1-2-12-35-34(11-1)37-14-8-13-36-33(21-22-38(35)43(36)37)31-10-7-9-30(25-31)28-17-19-29(20-18-28)32-26-41(39-15-3-5-23-44-39)46-42(27-32)40-16-4-6-24-45-40/h1-23,25-27,39,44-45H,24H2. The number of allylic oxidation sites excluding steroid dienone is 4. The van der Waals surface area contributed by atoms with Gasteiger partial charge in [0.25, 0.3) is 0 Å². The molecular formula is C43H31N3. The van der Waals surface area contributed by atoms with E-state index in [-0.39, 0.29) is 6.04 Å². The first-order chi connectivity index (χ1) is 22.8. The molecule has 9 rings (SSSR count). The van der Waals surface area contributed by atoms with E-state index in [2.05, 4.69) is 156 Å². The molecule has 3 nitrogen and oxygen atoms in total. The van der Waals surface area contributed by atoms with Crippen molar-refractivity contribution in [1.29, 1.82) is 0 Å². The van der Waals surface area contributed by atoms with Crippen molar-refractivity contribution in [2.75, 3.05) is 6.54 Å². The summed E-state index contributed by atoms with van der Waals surface area (Å²) in [6.07, 6.45) is 14.5. The lowest BCUT2D eigenvalue weighted by atomic mass is 9.92. The zero-order valence-electron chi connectivity index (χ0n) is 25.2. The van der Waals surface area contributed by atoms with Gasteiger partial charge in [0.05, 0.1) is 23.1 Å². The Hall–Kier alpha value is -5.93. The minimum absolute atomic E-state index is 0.0328. The third kappa shape index (κ3) is 4.48. The van der Waals surface area contributed by atoms with Crippen LogP contribution in [-0.2, 0) is 0 Å². The SMILES string of the molecule is C1=CCNC(c2cc(-c3ccc(-c4cccc(-c5ccc6c7c(cccc57)-c5ccccc5-6)c4)cc3)cc(C3C=CC=CN3)n2)=C1. The second-order valence-electron chi connectivity index (χ2n) is 12.0. The summed E-state index contributed by atoms with van der Waals surface area (Å²) in [4.78, 5) is 5.05. The Morgan fingerprint density at radius 2 is 1.30 bits per heavy atom. The molecule has 5 aromatic carbocycles. The van der Waals surface area contributed by atoms with Gasteiger partial charge in [-0.2, -0.15) is 0 Å². The Labute approximate surface area is 269 Å². The van der Waals surface area contributed by atoms with Crippen LogP contribution in [0.5, 0.6) is 0 Å². The summed E-state index contributed by atoms with van der Waals surface area (Å²) in [7, 11) is 0. The van der Waals surface area contributed by atoms with Crippen LogP contribution in [0.15, 0.2) is 158 Å². The van der Waals surface area contributed by atoms with Crippen molar-refractivity contribution < 1.29 is 0 Å². The largest absolute Gasteiger partial charge is 0.380 e. The number of fused-ring (bicyclic) bond motifs is 3. The molecule has 46 heavy (non-hydrogen) atoms. The van der Waals surface area contributed by atoms with Gasteiger partial charge in [-0.3, -0.25) is 0 Å². The predicted molar refractivity (Wildman–Crippen MR) is 192 cm³/mol. The first-order valence-corrected chi connectivity index (χ1v) is 15.9. The molecule has 6 aromatic rings. The van der Waals surface area contributed by atoms with E-state index in [4.69, 9.17) is 4.98 Å². The number of aromatic nitrogens is 1. The van der Waals surface area contributed by atoms with Gasteiger partial charge in [-0.05, 0) is 103 Å². The van der Waals surface area contributed by atoms with Gasteiger partial charge in [0, 0.05) is 6.54 Å². The smallest absolute Gasteiger partial charge is 0.0871 e. The minimum Gasteiger partial charge on any atom is -0.380 e. The summed E-state index contributed by atoms with van der Waals surface area (Å²) >= 11 is 0. The van der Waals surface area contributed by atoms with Crippen LogP contribution in [0, 0.1) is 0 Å². The van der Waals surface area contributed by atoms with E-state index in [1.54, 1.807) is 0 Å². The highest BCUT2D eigenvalue weighted by atomic mass is 15.0. The summed E-state index contributed by atoms with van der Waals surface area (Å²) in [6, 6.07) is 42.4. The molecule has 0 bridgehead atoms. The van der Waals surface area contributed by atoms with Crippen molar-refractivity contribution in [2.24, 2.45) is 0 Å². The number of rotatable bonds is 5. The molecule has 0 radical (unpaired) electrons. The van der Waals surface area contributed by atoms with E-state index in [0.717, 1.165) is 29.2 Å². The summed E-state index contributed by atoms with van der Waals surface area (Å²) in [5.41, 5.74) is 15.5. The Morgan fingerprint density at radius 1 is 0.565 bits per heavy atom. The van der Waals surface area contributed by atoms with Gasteiger partial charge in [0.15, 0.2) is 0 Å². The van der Waals surface area contributed by atoms with E-state index < -0.39 is 0 Å². The highest BCUT2D eigenvalue weighted by Gasteiger charge is 2.22. The summed E-state index contributed by atoms with van der Waals surface area (Å²) in [5, 5.41) is 9.58. The zero-order chi connectivity index (χ0) is 30.5. The van der Waals surface area contributed by atoms with Gasteiger partial charge in [0.1, 0.15) is 0 Å². The molecule has 2 aliphatic heterocycles. The zero-order valence-corrected chi connectivity index (χ0v) is 25.2. The average molecular weight is 590 g/mol. The Morgan fingerprint density at radius 3 is 2.09 bits per heavy atom. The quantitative estimate of drug-likeness (QED) is 0.210. The number of dihydropyridines is 2. The molecule has 0 saturated carbocycles. The van der Waals surface area contributed by atoms with Crippen molar-refractivity contribution in [3.05, 3.63) is 169 Å². The van der Waals surface area contributed by atoms with Crippen LogP contribution in [0.2, 0.25) is 0 Å². The molecule has 218 valence electrons. The van der Waals surface area contributed by atoms with Crippen molar-refractivity contribution in [3.8, 4) is 55.6 Å². The fourth-order valence-corrected chi connectivity index (χ4v) is 7.06. The molecule has 3 heteroatoms. The van der Waals surface area contributed by atoms with Gasteiger partial charge >= 0.3 is 0 Å². The Bertz CT molecular complexity index is 2260. The average Bonchev–Trinajstić information content (AvgIpc) is 3.47. The maximum Gasteiger partial charge on any atom is 0.0871 e. The number of hydrogen-bond acceptors (Lipinski definition) is 3. The van der Waals surface area contributed by atoms with Crippen molar-refractivity contribution in [1.82, 2.24) is 15.6 Å². The van der Waals surface area contributed by atoms with E-state index in [1.807, 2.05) is 12.3 Å². The number of nitrogens with one attached hydrogen (secondary N) is 2. The fraction of sp³-hybridized carbons (Fsp3) is 0.0465. The Balaban J connectivity index is 1.07. The normalized spacial score (nSPS) is 15.7. The van der Waals surface area contributed by atoms with Crippen LogP contribution < -0.4 is 10.6 Å². The first kappa shape index (κ1) is 26.5. The molecule has 3 heterocycles. The topological polar surface area (TPSA) is 37.0 Å². The van der Waals surface area contributed by atoms with E-state index in [0.29, 0.717) is 0 Å². The molecule has 0 fully saturated rings. The summed E-state index contributed by atoms with van der Waals surface area (Å²) in [6.45, 7) is 0.805. The highest BCUT2D eigenvalue weighted by molar-refractivity contribution is 6.18. The Kier molecular flexibility index (Phi) is 6.27. The lowest BCUT2D eigenvalue weighted by molar-refractivity contribution is 0.719. The van der Waals surface area contributed by atoms with Gasteiger partial charge in [0.2, 0.25) is 0 Å². The van der Waals surface area contributed by atoms with Gasteiger partial charge in [-0.15, -0.1) is 0 Å². The minimum atomic E-state index is 0.0328. The molecule has 1 aliphatic carbocycles. The second kappa shape index (κ2) is 10.9. The molecule has 0 amide bonds. The van der Waals surface area contributed by atoms with E-state index in [9.17, 15) is 0 Å². The maximum atomic E-state index is 5.05. The van der Waals surface area contributed by atoms with E-state index in [1.165, 1.54) is 60.8 Å². The fourth-order valence-electron chi connectivity index (χ4n) is 7.06. The van der Waals surface area contributed by atoms with Crippen LogP contribution in [0.1, 0.15) is 17.4 Å². The van der Waals surface area contributed by atoms with Gasteiger partial charge in [-0.25, -0.2) is 4.98 Å². The molecular weight excluding hydrogens is 558 g/mol. The second-order valence-corrected chi connectivity index (χ2v) is 12.0. The third-order valence-corrected chi connectivity index (χ3v) is 9.31. The predicted octanol–water partition coefficient (Wildman–Crippen LogP) is 10.1. The van der Waals surface area contributed by atoms with Crippen LogP contribution in [0.3, 0.4) is 0 Å². The monoisotopic (exact) mass is 589 g/mol. The molecule has 0 saturated heterocycles. The van der Waals surface area contributed by atoms with Crippen molar-refractivity contribution in [2.45, 2.75) is 6.04 Å². The molecule has 0 spiro atoms. The molecule has 2 N–H and O–H groups in total. The first-order valence-electron chi connectivity index (χ1n) is 15.9. The van der Waals surface area contributed by atoms with Gasteiger partial charge in [-0.1, -0.05) is 121 Å². The number of benzene rings is 5. The lowest BCUT2D eigenvalue weighted by Gasteiger charge is -2.19. The van der Waals surface area contributed by atoms with Crippen LogP contribution in [0.4, 0.5) is 0 Å². The summed E-state index contributed by atoms with van der Waals surface area (Å²) in [5.74, 6) is 0. The third-order valence-electron chi connectivity index (χ3n) is 9.31. The molecule has 1 atom stereocenters. The molecule has 1 unspecified atom stereocenters. The number of hydrogen-bond donors (Lipinski definition) is 2. The van der Waals surface area contributed by atoms with Crippen LogP contribution in [0.25, 0.3) is 72.1 Å². The van der Waals surface area contributed by atoms with Crippen LogP contribution in [-0.4, -0.2) is 11.5 Å². The van der Waals surface area contributed by atoms with E-state index >= 15 is 0 Å².